The molecular formula is C26H42N+. The topological polar surface area (TPSA) is 3.88 Å². The standard InChI is InChI=1S/C26H42N/c1-5-6-7-8-9-10-11-12-13-14-15-16-17-25-23(3)20-24(4)26-19-18-22(2)21-27(25)26/h16-20,22H,5-15,21H2,1-4H3/q+1/b17-16+. The first-order valence-corrected chi connectivity index (χ1v) is 11.5. The van der Waals surface area contributed by atoms with Crippen molar-refractivity contribution < 1.29 is 4.57 Å². The van der Waals surface area contributed by atoms with Gasteiger partial charge in [-0.2, -0.15) is 4.57 Å². The second-order valence-electron chi connectivity index (χ2n) is 8.60. The van der Waals surface area contributed by atoms with E-state index in [1.165, 1.54) is 93.1 Å². The molecule has 1 aromatic heterocycles. The number of nitrogens with zero attached hydrogens (tertiary/aromatic N) is 1. The zero-order valence-corrected chi connectivity index (χ0v) is 18.4. The SMILES string of the molecule is CCCCCCCCCCCC/C=C/c1c(C)cc(C)c2[n+]1CC(C)C=C2. The Balaban J connectivity index is 1.71. The number of pyridine rings is 1. The molecule has 0 spiro atoms. The Morgan fingerprint density at radius 2 is 1.56 bits per heavy atom. The van der Waals surface area contributed by atoms with Gasteiger partial charge in [0.05, 0.1) is 0 Å². The third-order valence-corrected chi connectivity index (χ3v) is 5.88. The van der Waals surface area contributed by atoms with E-state index < -0.39 is 0 Å². The summed E-state index contributed by atoms with van der Waals surface area (Å²) in [5.41, 5.74) is 5.58. The van der Waals surface area contributed by atoms with E-state index in [0.717, 1.165) is 6.54 Å². The molecule has 0 aliphatic carbocycles. The highest BCUT2D eigenvalue weighted by Gasteiger charge is 2.23. The zero-order valence-electron chi connectivity index (χ0n) is 18.4. The van der Waals surface area contributed by atoms with E-state index in [1.807, 2.05) is 0 Å². The molecule has 1 heteroatoms. The molecule has 1 atom stereocenters. The molecule has 0 saturated carbocycles. The highest BCUT2D eigenvalue weighted by Crippen LogP contribution is 2.19. The van der Waals surface area contributed by atoms with Gasteiger partial charge in [-0.3, -0.25) is 0 Å². The van der Waals surface area contributed by atoms with Crippen molar-refractivity contribution in [3.8, 4) is 0 Å². The minimum Gasteiger partial charge on any atom is -0.191 e. The van der Waals surface area contributed by atoms with Gasteiger partial charge >= 0.3 is 0 Å². The number of unbranched alkanes of at least 4 members (excludes halogenated alkanes) is 10. The first kappa shape index (κ1) is 21.9. The van der Waals surface area contributed by atoms with Crippen molar-refractivity contribution >= 4 is 12.2 Å². The van der Waals surface area contributed by atoms with Crippen LogP contribution in [0.4, 0.5) is 0 Å². The van der Waals surface area contributed by atoms with Crippen molar-refractivity contribution in [2.24, 2.45) is 5.92 Å². The maximum absolute atomic E-state index is 2.52. The summed E-state index contributed by atoms with van der Waals surface area (Å²) in [7, 11) is 0. The van der Waals surface area contributed by atoms with Gasteiger partial charge in [0.2, 0.25) is 11.4 Å². The van der Waals surface area contributed by atoms with Crippen molar-refractivity contribution in [3.05, 3.63) is 40.7 Å². The molecule has 0 radical (unpaired) electrons. The van der Waals surface area contributed by atoms with Crippen LogP contribution in [0.2, 0.25) is 0 Å². The maximum Gasteiger partial charge on any atom is 0.208 e. The Morgan fingerprint density at radius 1 is 0.926 bits per heavy atom. The molecule has 0 aromatic carbocycles. The molecule has 0 amide bonds. The molecule has 0 fully saturated rings. The Kier molecular flexibility index (Phi) is 9.87. The van der Waals surface area contributed by atoms with Gasteiger partial charge in [-0.1, -0.05) is 83.8 Å². The van der Waals surface area contributed by atoms with Crippen molar-refractivity contribution in [2.75, 3.05) is 0 Å². The van der Waals surface area contributed by atoms with E-state index >= 15 is 0 Å². The van der Waals surface area contributed by atoms with Crippen molar-refractivity contribution in [1.82, 2.24) is 0 Å². The Bertz CT molecular complexity index is 624. The van der Waals surface area contributed by atoms with Gasteiger partial charge in [-0.05, 0) is 32.8 Å². The quantitative estimate of drug-likeness (QED) is 0.264. The summed E-state index contributed by atoms with van der Waals surface area (Å²) in [6, 6.07) is 2.34. The van der Waals surface area contributed by atoms with Crippen LogP contribution in [0.3, 0.4) is 0 Å². The average Bonchev–Trinajstić information content (AvgIpc) is 2.64. The number of fused-ring (bicyclic) bond motifs is 1. The highest BCUT2D eigenvalue weighted by atomic mass is 15.0. The molecule has 0 N–H and O–H groups in total. The van der Waals surface area contributed by atoms with Crippen LogP contribution in [0.1, 0.15) is 107 Å². The van der Waals surface area contributed by atoms with Gasteiger partial charge in [0.15, 0.2) is 6.54 Å². The molecule has 1 nitrogen and oxygen atoms in total. The lowest BCUT2D eigenvalue weighted by atomic mass is 10.0. The monoisotopic (exact) mass is 368 g/mol. The molecule has 1 aromatic rings. The van der Waals surface area contributed by atoms with Crippen molar-refractivity contribution in [1.29, 1.82) is 0 Å². The third kappa shape index (κ3) is 7.28. The normalized spacial score (nSPS) is 16.2. The summed E-state index contributed by atoms with van der Waals surface area (Å²) in [5.74, 6) is 0.623. The van der Waals surface area contributed by atoms with E-state index in [1.54, 1.807) is 0 Å². The molecule has 0 saturated heterocycles. The Morgan fingerprint density at radius 3 is 2.22 bits per heavy atom. The predicted octanol–water partition coefficient (Wildman–Crippen LogP) is 7.58. The summed E-state index contributed by atoms with van der Waals surface area (Å²) in [6.45, 7) is 10.2. The number of aryl methyl sites for hydroxylation is 2. The lowest BCUT2D eigenvalue weighted by molar-refractivity contribution is -0.706. The van der Waals surface area contributed by atoms with E-state index in [4.69, 9.17) is 0 Å². The maximum atomic E-state index is 2.52. The molecule has 2 heterocycles. The lowest BCUT2D eigenvalue weighted by Gasteiger charge is -2.15. The summed E-state index contributed by atoms with van der Waals surface area (Å²) in [4.78, 5) is 0. The van der Waals surface area contributed by atoms with Crippen molar-refractivity contribution in [2.45, 2.75) is 105 Å². The summed E-state index contributed by atoms with van der Waals surface area (Å²) >= 11 is 0. The molecular weight excluding hydrogens is 326 g/mol. The van der Waals surface area contributed by atoms with Crippen LogP contribution in [0.25, 0.3) is 12.2 Å². The summed E-state index contributed by atoms with van der Waals surface area (Å²) < 4.78 is 2.52. The van der Waals surface area contributed by atoms with Crippen LogP contribution in [0.15, 0.2) is 18.2 Å². The zero-order chi connectivity index (χ0) is 19.5. The second kappa shape index (κ2) is 12.2. The summed E-state index contributed by atoms with van der Waals surface area (Å²) in [6.07, 6.45) is 24.8. The minimum absolute atomic E-state index is 0.623. The lowest BCUT2D eigenvalue weighted by Crippen LogP contribution is -2.45. The van der Waals surface area contributed by atoms with E-state index in [0.29, 0.717) is 5.92 Å². The van der Waals surface area contributed by atoms with Crippen LogP contribution in [0.5, 0.6) is 0 Å². The second-order valence-corrected chi connectivity index (χ2v) is 8.60. The van der Waals surface area contributed by atoms with Crippen molar-refractivity contribution in [3.63, 3.8) is 0 Å². The number of aromatic nitrogens is 1. The third-order valence-electron chi connectivity index (χ3n) is 5.88. The predicted molar refractivity (Wildman–Crippen MR) is 120 cm³/mol. The number of rotatable bonds is 12. The largest absolute Gasteiger partial charge is 0.208 e. The summed E-state index contributed by atoms with van der Waals surface area (Å²) in [5, 5.41) is 0. The fraction of sp³-hybridized carbons (Fsp3) is 0.654. The number of hydrogen-bond donors (Lipinski definition) is 0. The van der Waals surface area contributed by atoms with E-state index in [9.17, 15) is 0 Å². The number of hydrogen-bond acceptors (Lipinski definition) is 0. The van der Waals surface area contributed by atoms with Gasteiger partial charge in [0.1, 0.15) is 0 Å². The van der Waals surface area contributed by atoms with Gasteiger partial charge in [0.25, 0.3) is 0 Å². The van der Waals surface area contributed by atoms with Crippen LogP contribution < -0.4 is 4.57 Å². The molecule has 1 aliphatic heterocycles. The Labute approximate surface area is 168 Å². The van der Waals surface area contributed by atoms with E-state index in [-0.39, 0.29) is 0 Å². The fourth-order valence-corrected chi connectivity index (χ4v) is 4.22. The highest BCUT2D eigenvalue weighted by molar-refractivity contribution is 5.53. The average molecular weight is 369 g/mol. The van der Waals surface area contributed by atoms with Gasteiger partial charge < -0.3 is 0 Å². The van der Waals surface area contributed by atoms with Crippen LogP contribution in [-0.4, -0.2) is 0 Å². The van der Waals surface area contributed by atoms with E-state index in [2.05, 4.69) is 62.6 Å². The first-order chi connectivity index (χ1) is 13.1. The molecule has 0 bridgehead atoms. The number of allylic oxidation sites excluding steroid dienone is 2. The first-order valence-electron chi connectivity index (χ1n) is 11.5. The van der Waals surface area contributed by atoms with Crippen LogP contribution in [0, 0.1) is 19.8 Å². The molecule has 1 aliphatic rings. The van der Waals surface area contributed by atoms with Gasteiger partial charge in [-0.25, -0.2) is 0 Å². The molecule has 27 heavy (non-hydrogen) atoms. The minimum atomic E-state index is 0.623. The smallest absolute Gasteiger partial charge is 0.191 e. The van der Waals surface area contributed by atoms with Crippen LogP contribution >= 0.6 is 0 Å². The molecule has 1 unspecified atom stereocenters. The van der Waals surface area contributed by atoms with Gasteiger partial charge in [-0.15, -0.1) is 0 Å². The van der Waals surface area contributed by atoms with Gasteiger partial charge in [0, 0.05) is 29.2 Å². The van der Waals surface area contributed by atoms with Crippen LogP contribution in [-0.2, 0) is 6.54 Å². The fourth-order valence-electron chi connectivity index (χ4n) is 4.22. The Hall–Kier alpha value is -1.37. The molecule has 150 valence electrons. The molecule has 2 rings (SSSR count).